The third-order valence-electron chi connectivity index (χ3n) is 8.99. The van der Waals surface area contributed by atoms with E-state index in [1.165, 1.54) is 11.1 Å². The van der Waals surface area contributed by atoms with Crippen molar-refractivity contribution < 1.29 is 4.57 Å². The van der Waals surface area contributed by atoms with Gasteiger partial charge >= 0.3 is 0 Å². The van der Waals surface area contributed by atoms with Gasteiger partial charge in [0.05, 0.1) is 11.0 Å². The van der Waals surface area contributed by atoms with Crippen LogP contribution >= 0.6 is 7.14 Å². The van der Waals surface area contributed by atoms with Crippen molar-refractivity contribution in [2.75, 3.05) is 0 Å². The fourth-order valence-electron chi connectivity index (χ4n) is 7.03. The Morgan fingerprint density at radius 3 is 1.91 bits per heavy atom. The molecule has 1 atom stereocenters. The minimum atomic E-state index is -3.14. The van der Waals surface area contributed by atoms with Crippen LogP contribution in [0.25, 0.3) is 60.5 Å². The molecular formula is C40H26NOP. The molecule has 3 heteroatoms. The van der Waals surface area contributed by atoms with Crippen LogP contribution in [0.1, 0.15) is 0 Å². The van der Waals surface area contributed by atoms with E-state index in [0.717, 1.165) is 65.3 Å². The highest BCUT2D eigenvalue weighted by Crippen LogP contribution is 2.55. The van der Waals surface area contributed by atoms with Crippen LogP contribution in [-0.4, -0.2) is 4.57 Å². The quantitative estimate of drug-likeness (QED) is 0.195. The summed E-state index contributed by atoms with van der Waals surface area (Å²) in [6, 6.07) is 55.1. The molecular weight excluding hydrogens is 541 g/mol. The Labute approximate surface area is 249 Å². The van der Waals surface area contributed by atoms with Gasteiger partial charge in [0.15, 0.2) is 7.14 Å². The Hall–Kier alpha value is -5.17. The van der Waals surface area contributed by atoms with Crippen molar-refractivity contribution in [3.05, 3.63) is 158 Å². The van der Waals surface area contributed by atoms with Crippen molar-refractivity contribution in [2.45, 2.75) is 0 Å². The number of aromatic nitrogens is 1. The van der Waals surface area contributed by atoms with Gasteiger partial charge in [0, 0.05) is 32.4 Å². The van der Waals surface area contributed by atoms with Gasteiger partial charge in [0.25, 0.3) is 0 Å². The fraction of sp³-hybridized carbons (Fsp3) is 0. The van der Waals surface area contributed by atoms with E-state index in [1.807, 2.05) is 36.4 Å². The van der Waals surface area contributed by atoms with Gasteiger partial charge in [-0.25, -0.2) is 0 Å². The number of para-hydroxylation sites is 1. The monoisotopic (exact) mass is 567 g/mol. The summed E-state index contributed by atoms with van der Waals surface area (Å²) in [5.41, 5.74) is 7.89. The molecule has 2 nitrogen and oxygen atoms in total. The molecule has 0 N–H and O–H groups in total. The van der Waals surface area contributed by atoms with Gasteiger partial charge in [-0.3, -0.25) is 0 Å². The van der Waals surface area contributed by atoms with E-state index in [4.69, 9.17) is 0 Å². The average Bonchev–Trinajstić information content (AvgIpc) is 3.54. The van der Waals surface area contributed by atoms with Gasteiger partial charge in [-0.2, -0.15) is 0 Å². The molecule has 8 aromatic rings. The second kappa shape index (κ2) is 9.16. The Kier molecular flexibility index (Phi) is 5.21. The van der Waals surface area contributed by atoms with Crippen molar-refractivity contribution >= 4 is 55.6 Å². The van der Waals surface area contributed by atoms with E-state index in [1.54, 1.807) is 0 Å². The van der Waals surface area contributed by atoms with Crippen molar-refractivity contribution in [1.29, 1.82) is 0 Å². The van der Waals surface area contributed by atoms with Crippen LogP contribution in [0.2, 0.25) is 0 Å². The summed E-state index contributed by atoms with van der Waals surface area (Å²) in [7, 11) is -3.14. The zero-order valence-corrected chi connectivity index (χ0v) is 24.2. The van der Waals surface area contributed by atoms with Gasteiger partial charge in [-0.15, -0.1) is 0 Å². The molecule has 1 aliphatic heterocycles. The van der Waals surface area contributed by atoms with E-state index in [0.29, 0.717) is 0 Å². The first-order valence-electron chi connectivity index (χ1n) is 14.6. The Morgan fingerprint density at radius 2 is 1.12 bits per heavy atom. The van der Waals surface area contributed by atoms with Gasteiger partial charge in [0.1, 0.15) is 0 Å². The van der Waals surface area contributed by atoms with Crippen LogP contribution in [0.3, 0.4) is 0 Å². The second-order valence-corrected chi connectivity index (χ2v) is 13.9. The van der Waals surface area contributed by atoms with Crippen LogP contribution in [0.5, 0.6) is 0 Å². The predicted molar refractivity (Wildman–Crippen MR) is 182 cm³/mol. The average molecular weight is 568 g/mol. The molecule has 1 unspecified atom stereocenters. The van der Waals surface area contributed by atoms with Gasteiger partial charge < -0.3 is 9.13 Å². The van der Waals surface area contributed by atoms with Crippen molar-refractivity contribution in [3.8, 4) is 27.9 Å². The first kappa shape index (κ1) is 24.4. The SMILES string of the molecule is O=P1(c2ccccc2)c2cc3c4ccccc4n(-c4ccc(-c5ccccc5)cc4)c3cc2-c2ccc3ccccc3c21. The molecule has 0 saturated carbocycles. The lowest BCUT2D eigenvalue weighted by Crippen LogP contribution is -2.21. The molecule has 0 bridgehead atoms. The maximum Gasteiger partial charge on any atom is 0.172 e. The molecule has 7 aromatic carbocycles. The fourth-order valence-corrected chi connectivity index (χ4v) is 10.3. The predicted octanol–water partition coefficient (Wildman–Crippen LogP) is 9.22. The molecule has 0 aliphatic carbocycles. The topological polar surface area (TPSA) is 22.0 Å². The number of benzene rings is 7. The molecule has 43 heavy (non-hydrogen) atoms. The zero-order chi connectivity index (χ0) is 28.5. The molecule has 0 saturated heterocycles. The number of nitrogens with zero attached hydrogens (tertiary/aromatic N) is 1. The van der Waals surface area contributed by atoms with Crippen LogP contribution in [0.4, 0.5) is 0 Å². The van der Waals surface area contributed by atoms with E-state index in [-0.39, 0.29) is 0 Å². The van der Waals surface area contributed by atoms with Crippen LogP contribution < -0.4 is 15.9 Å². The highest BCUT2D eigenvalue weighted by Gasteiger charge is 2.42. The van der Waals surface area contributed by atoms with Gasteiger partial charge in [-0.05, 0) is 63.4 Å². The normalized spacial score (nSPS) is 15.6. The Bertz CT molecular complexity index is 2400. The lowest BCUT2D eigenvalue weighted by molar-refractivity contribution is 0.593. The van der Waals surface area contributed by atoms with Gasteiger partial charge in [-0.1, -0.05) is 127 Å². The summed E-state index contributed by atoms with van der Waals surface area (Å²) >= 11 is 0. The van der Waals surface area contributed by atoms with Crippen molar-refractivity contribution in [2.24, 2.45) is 0 Å². The third-order valence-corrected chi connectivity index (χ3v) is 12.2. The minimum Gasteiger partial charge on any atom is -0.309 e. The second-order valence-electron chi connectivity index (χ2n) is 11.3. The van der Waals surface area contributed by atoms with Crippen LogP contribution in [0, 0.1) is 0 Å². The number of rotatable bonds is 3. The molecule has 9 rings (SSSR count). The summed E-state index contributed by atoms with van der Waals surface area (Å²) in [5.74, 6) is 0. The Morgan fingerprint density at radius 1 is 0.465 bits per heavy atom. The highest BCUT2D eigenvalue weighted by atomic mass is 31.2. The summed E-state index contributed by atoms with van der Waals surface area (Å²) in [5, 5.41) is 7.23. The maximum atomic E-state index is 15.7. The summed E-state index contributed by atoms with van der Waals surface area (Å²) < 4.78 is 18.0. The first-order valence-corrected chi connectivity index (χ1v) is 16.3. The molecule has 1 aromatic heterocycles. The number of hydrogen-bond acceptors (Lipinski definition) is 1. The molecule has 202 valence electrons. The standard InChI is InChI=1S/C40H26NOP/c42-43(31-14-5-2-6-15-31)39-26-35-33-17-9-10-18-37(33)41(30-22-19-28(20-23-30)27-11-3-1-4-12-27)38(35)25-36(39)34-24-21-29-13-7-8-16-32(29)40(34)43/h1-26H. The largest absolute Gasteiger partial charge is 0.309 e. The summed E-state index contributed by atoms with van der Waals surface area (Å²) in [4.78, 5) is 0. The summed E-state index contributed by atoms with van der Waals surface area (Å²) in [6.45, 7) is 0. The lowest BCUT2D eigenvalue weighted by Gasteiger charge is -2.17. The first-order chi connectivity index (χ1) is 21.2. The molecule has 0 radical (unpaired) electrons. The number of hydrogen-bond donors (Lipinski definition) is 0. The Balaban J connectivity index is 1.36. The van der Waals surface area contributed by atoms with E-state index < -0.39 is 7.14 Å². The molecule has 0 spiro atoms. The smallest absolute Gasteiger partial charge is 0.172 e. The molecule has 2 heterocycles. The molecule has 0 fully saturated rings. The summed E-state index contributed by atoms with van der Waals surface area (Å²) in [6.07, 6.45) is 0. The van der Waals surface area contributed by atoms with Crippen LogP contribution in [-0.2, 0) is 4.57 Å². The van der Waals surface area contributed by atoms with Crippen LogP contribution in [0.15, 0.2) is 158 Å². The lowest BCUT2D eigenvalue weighted by atomic mass is 10.00. The van der Waals surface area contributed by atoms with Crippen molar-refractivity contribution in [1.82, 2.24) is 4.57 Å². The van der Waals surface area contributed by atoms with E-state index in [2.05, 4.69) is 126 Å². The van der Waals surface area contributed by atoms with Gasteiger partial charge in [0.2, 0.25) is 0 Å². The molecule has 1 aliphatic rings. The number of fused-ring (bicyclic) bond motifs is 8. The van der Waals surface area contributed by atoms with E-state index >= 15 is 4.57 Å². The molecule has 0 amide bonds. The minimum absolute atomic E-state index is 0.881. The van der Waals surface area contributed by atoms with E-state index in [9.17, 15) is 0 Å². The highest BCUT2D eigenvalue weighted by molar-refractivity contribution is 7.86. The third kappa shape index (κ3) is 3.45. The maximum absolute atomic E-state index is 15.7. The van der Waals surface area contributed by atoms with Crippen molar-refractivity contribution in [3.63, 3.8) is 0 Å². The zero-order valence-electron chi connectivity index (χ0n) is 23.3.